The minimum absolute atomic E-state index is 0.0153. The van der Waals surface area contributed by atoms with Gasteiger partial charge in [-0.05, 0) is 18.6 Å². The molecule has 0 saturated carbocycles. The normalized spacial score (nSPS) is 12.6. The Morgan fingerprint density at radius 1 is 1.47 bits per heavy atom. The lowest BCUT2D eigenvalue weighted by Crippen LogP contribution is -2.05. The molecule has 0 radical (unpaired) electrons. The Hall–Kier alpha value is -0.680. The third-order valence-corrected chi connectivity index (χ3v) is 4.62. The summed E-state index contributed by atoms with van der Waals surface area (Å²) in [5, 5.41) is 8.44. The first-order valence-electron chi connectivity index (χ1n) is 4.76. The Morgan fingerprint density at radius 2 is 2.13 bits per heavy atom. The van der Waals surface area contributed by atoms with E-state index in [0.29, 0.717) is 5.75 Å². The van der Waals surface area contributed by atoms with Crippen molar-refractivity contribution in [2.75, 3.05) is 5.75 Å². The van der Waals surface area contributed by atoms with Gasteiger partial charge in [0.05, 0.1) is 12.2 Å². The van der Waals surface area contributed by atoms with Crippen LogP contribution in [0.1, 0.15) is 23.1 Å². The molecule has 0 aliphatic rings. The molecule has 1 unspecified atom stereocenters. The van der Waals surface area contributed by atoms with E-state index in [1.54, 1.807) is 11.3 Å². The van der Waals surface area contributed by atoms with Gasteiger partial charge in [-0.25, -0.2) is 0 Å². The SMILES string of the molecule is CCc1ccc(CS(=O)CCC(=O)O)s1. The topological polar surface area (TPSA) is 54.4 Å². The van der Waals surface area contributed by atoms with Crippen molar-refractivity contribution in [3.63, 3.8) is 0 Å². The molecule has 15 heavy (non-hydrogen) atoms. The van der Waals surface area contributed by atoms with Gasteiger partial charge in [-0.15, -0.1) is 11.3 Å². The highest BCUT2D eigenvalue weighted by atomic mass is 32.2. The summed E-state index contributed by atoms with van der Waals surface area (Å²) in [5.74, 6) is -0.157. The van der Waals surface area contributed by atoms with E-state index < -0.39 is 16.8 Å². The van der Waals surface area contributed by atoms with E-state index in [1.807, 2.05) is 12.1 Å². The fourth-order valence-corrected chi connectivity index (χ4v) is 3.47. The maximum Gasteiger partial charge on any atom is 0.304 e. The van der Waals surface area contributed by atoms with E-state index in [1.165, 1.54) is 4.88 Å². The van der Waals surface area contributed by atoms with Crippen LogP contribution in [0.5, 0.6) is 0 Å². The number of thiophene rings is 1. The molecule has 0 fully saturated rings. The van der Waals surface area contributed by atoms with Gasteiger partial charge in [0, 0.05) is 26.3 Å². The highest BCUT2D eigenvalue weighted by Gasteiger charge is 2.06. The summed E-state index contributed by atoms with van der Waals surface area (Å²) >= 11 is 1.65. The van der Waals surface area contributed by atoms with Gasteiger partial charge < -0.3 is 5.11 Å². The molecule has 0 aliphatic heterocycles. The summed E-state index contributed by atoms with van der Waals surface area (Å²) in [7, 11) is -1.05. The van der Waals surface area contributed by atoms with Crippen molar-refractivity contribution in [2.24, 2.45) is 0 Å². The highest BCUT2D eigenvalue weighted by molar-refractivity contribution is 7.84. The molecule has 1 aromatic rings. The van der Waals surface area contributed by atoms with Crippen LogP contribution in [-0.4, -0.2) is 21.0 Å². The van der Waals surface area contributed by atoms with Crippen molar-refractivity contribution < 1.29 is 14.1 Å². The van der Waals surface area contributed by atoms with E-state index >= 15 is 0 Å². The second-order valence-corrected chi connectivity index (χ2v) is 5.98. The van der Waals surface area contributed by atoms with Crippen LogP contribution in [0, 0.1) is 0 Å². The number of carboxylic acid groups (broad SMARTS) is 1. The van der Waals surface area contributed by atoms with Crippen molar-refractivity contribution in [1.29, 1.82) is 0 Å². The lowest BCUT2D eigenvalue weighted by molar-refractivity contribution is -0.136. The van der Waals surface area contributed by atoms with E-state index in [9.17, 15) is 9.00 Å². The largest absolute Gasteiger partial charge is 0.481 e. The molecule has 3 nitrogen and oxygen atoms in total. The fraction of sp³-hybridized carbons (Fsp3) is 0.500. The second kappa shape index (κ2) is 6.02. The van der Waals surface area contributed by atoms with Gasteiger partial charge >= 0.3 is 5.97 Å². The molecule has 1 heterocycles. The Morgan fingerprint density at radius 3 is 2.67 bits per heavy atom. The molecule has 0 bridgehead atoms. The highest BCUT2D eigenvalue weighted by Crippen LogP contribution is 2.18. The molecule has 0 aliphatic carbocycles. The van der Waals surface area contributed by atoms with Gasteiger partial charge in [-0.2, -0.15) is 0 Å². The van der Waals surface area contributed by atoms with Gasteiger partial charge in [0.25, 0.3) is 0 Å². The lowest BCUT2D eigenvalue weighted by Gasteiger charge is -1.97. The predicted octanol–water partition coefficient (Wildman–Crippen LogP) is 2.03. The summed E-state index contributed by atoms with van der Waals surface area (Å²) in [6.45, 7) is 2.08. The first-order valence-corrected chi connectivity index (χ1v) is 7.06. The summed E-state index contributed by atoms with van der Waals surface area (Å²) in [5.41, 5.74) is 0. The van der Waals surface area contributed by atoms with Gasteiger partial charge in [0.15, 0.2) is 0 Å². The monoisotopic (exact) mass is 246 g/mol. The summed E-state index contributed by atoms with van der Waals surface area (Å²) in [4.78, 5) is 12.6. The molecule has 0 spiro atoms. The van der Waals surface area contributed by atoms with Crippen LogP contribution >= 0.6 is 11.3 Å². The molecule has 1 aromatic heterocycles. The van der Waals surface area contributed by atoms with Crippen molar-refractivity contribution in [1.82, 2.24) is 0 Å². The first-order chi connectivity index (χ1) is 7.11. The van der Waals surface area contributed by atoms with Crippen LogP contribution in [0.25, 0.3) is 0 Å². The number of aliphatic carboxylic acids is 1. The van der Waals surface area contributed by atoms with E-state index in [0.717, 1.165) is 11.3 Å². The van der Waals surface area contributed by atoms with E-state index in [-0.39, 0.29) is 12.2 Å². The molecule has 0 aromatic carbocycles. The quantitative estimate of drug-likeness (QED) is 0.835. The molecule has 1 atom stereocenters. The maximum atomic E-state index is 11.5. The minimum Gasteiger partial charge on any atom is -0.481 e. The number of aryl methyl sites for hydroxylation is 1. The van der Waals surface area contributed by atoms with Gasteiger partial charge in [-0.3, -0.25) is 9.00 Å². The second-order valence-electron chi connectivity index (χ2n) is 3.15. The molecule has 1 rings (SSSR count). The van der Waals surface area contributed by atoms with Crippen molar-refractivity contribution in [3.8, 4) is 0 Å². The predicted molar refractivity (Wildman–Crippen MR) is 62.7 cm³/mol. The Balaban J connectivity index is 2.40. The summed E-state index contributed by atoms with van der Waals surface area (Å²) in [6.07, 6.45) is 0.977. The third-order valence-electron chi connectivity index (χ3n) is 1.91. The Kier molecular flexibility index (Phi) is 4.98. The third kappa shape index (κ3) is 4.57. The Bertz CT molecular complexity index is 357. The van der Waals surface area contributed by atoms with Crippen molar-refractivity contribution in [2.45, 2.75) is 25.5 Å². The number of hydrogen-bond donors (Lipinski definition) is 1. The average molecular weight is 246 g/mol. The number of hydrogen-bond acceptors (Lipinski definition) is 3. The van der Waals surface area contributed by atoms with Crippen LogP contribution in [0.2, 0.25) is 0 Å². The number of carbonyl (C=O) groups is 1. The molecule has 0 amide bonds. The van der Waals surface area contributed by atoms with E-state index in [2.05, 4.69) is 6.92 Å². The standard InChI is InChI=1S/C10H14O3S2/c1-2-8-3-4-9(14-8)7-15(13)6-5-10(11)12/h3-4H,2,5-7H2,1H3,(H,11,12). The molecule has 84 valence electrons. The maximum absolute atomic E-state index is 11.5. The molecular weight excluding hydrogens is 232 g/mol. The molecule has 1 N–H and O–H groups in total. The minimum atomic E-state index is -1.05. The average Bonchev–Trinajstić information content (AvgIpc) is 2.62. The van der Waals surface area contributed by atoms with Crippen LogP contribution in [0.15, 0.2) is 12.1 Å². The van der Waals surface area contributed by atoms with Crippen LogP contribution in [0.3, 0.4) is 0 Å². The van der Waals surface area contributed by atoms with Crippen LogP contribution in [-0.2, 0) is 27.8 Å². The zero-order valence-corrected chi connectivity index (χ0v) is 10.2. The fourth-order valence-electron chi connectivity index (χ4n) is 1.12. The lowest BCUT2D eigenvalue weighted by atomic mass is 10.4. The summed E-state index contributed by atoms with van der Waals surface area (Å²) in [6, 6.07) is 4.01. The zero-order chi connectivity index (χ0) is 11.3. The number of rotatable bonds is 6. The summed E-state index contributed by atoms with van der Waals surface area (Å²) < 4.78 is 11.5. The zero-order valence-electron chi connectivity index (χ0n) is 8.56. The van der Waals surface area contributed by atoms with Crippen molar-refractivity contribution in [3.05, 3.63) is 21.9 Å². The van der Waals surface area contributed by atoms with Crippen LogP contribution in [0.4, 0.5) is 0 Å². The van der Waals surface area contributed by atoms with Gasteiger partial charge in [0.2, 0.25) is 0 Å². The molecule has 5 heteroatoms. The van der Waals surface area contributed by atoms with Gasteiger partial charge in [-0.1, -0.05) is 6.92 Å². The van der Waals surface area contributed by atoms with E-state index in [4.69, 9.17) is 5.11 Å². The van der Waals surface area contributed by atoms with Gasteiger partial charge in [0.1, 0.15) is 0 Å². The smallest absolute Gasteiger partial charge is 0.304 e. The number of carboxylic acids is 1. The first kappa shape index (κ1) is 12.4. The molecular formula is C10H14O3S2. The molecule has 0 saturated heterocycles. The van der Waals surface area contributed by atoms with Crippen molar-refractivity contribution >= 4 is 28.1 Å². The Labute approximate surface area is 95.6 Å². The van der Waals surface area contributed by atoms with Crippen LogP contribution < -0.4 is 0 Å².